The molecule has 0 saturated heterocycles. The van der Waals surface area contributed by atoms with Gasteiger partial charge in [0.15, 0.2) is 0 Å². The Balaban J connectivity index is 1.72. The SMILES string of the molecule is O=C(CCCOc1ccc(Cl)cc1Cl)N/N=C\c1cc(Cl)ccc1O. The lowest BCUT2D eigenvalue weighted by Crippen LogP contribution is -2.18. The van der Waals surface area contributed by atoms with E-state index in [2.05, 4.69) is 10.5 Å². The van der Waals surface area contributed by atoms with Crippen LogP contribution in [0.5, 0.6) is 11.5 Å². The van der Waals surface area contributed by atoms with Gasteiger partial charge in [-0.3, -0.25) is 4.79 Å². The van der Waals surface area contributed by atoms with Gasteiger partial charge in [0, 0.05) is 22.0 Å². The molecular formula is C17H15Cl3N2O3. The van der Waals surface area contributed by atoms with E-state index in [-0.39, 0.29) is 18.1 Å². The molecule has 0 bridgehead atoms. The summed E-state index contributed by atoms with van der Waals surface area (Å²) in [6.45, 7) is 0.327. The van der Waals surface area contributed by atoms with E-state index in [0.29, 0.717) is 39.4 Å². The number of rotatable bonds is 7. The van der Waals surface area contributed by atoms with Crippen LogP contribution in [0.25, 0.3) is 0 Å². The number of nitrogens with one attached hydrogen (secondary N) is 1. The summed E-state index contributed by atoms with van der Waals surface area (Å²) >= 11 is 17.6. The van der Waals surface area contributed by atoms with Crippen molar-refractivity contribution in [3.05, 3.63) is 57.0 Å². The number of halogens is 3. The largest absolute Gasteiger partial charge is 0.507 e. The van der Waals surface area contributed by atoms with E-state index in [1.54, 1.807) is 24.3 Å². The summed E-state index contributed by atoms with van der Waals surface area (Å²) in [6, 6.07) is 9.48. The van der Waals surface area contributed by atoms with Crippen LogP contribution in [-0.4, -0.2) is 23.8 Å². The monoisotopic (exact) mass is 400 g/mol. The molecule has 0 aromatic heterocycles. The van der Waals surface area contributed by atoms with Gasteiger partial charge in [0.1, 0.15) is 11.5 Å². The number of hydrogen-bond donors (Lipinski definition) is 2. The van der Waals surface area contributed by atoms with E-state index >= 15 is 0 Å². The Morgan fingerprint density at radius 2 is 1.88 bits per heavy atom. The highest BCUT2D eigenvalue weighted by atomic mass is 35.5. The molecule has 0 atom stereocenters. The van der Waals surface area contributed by atoms with Gasteiger partial charge in [-0.15, -0.1) is 0 Å². The first kappa shape index (κ1) is 19.4. The Labute approximate surface area is 160 Å². The summed E-state index contributed by atoms with van der Waals surface area (Å²) in [5.41, 5.74) is 2.78. The summed E-state index contributed by atoms with van der Waals surface area (Å²) in [4.78, 5) is 11.7. The van der Waals surface area contributed by atoms with Crippen LogP contribution in [0.15, 0.2) is 41.5 Å². The second-order valence-corrected chi connectivity index (χ2v) is 6.30. The summed E-state index contributed by atoms with van der Waals surface area (Å²) in [7, 11) is 0. The molecule has 2 aromatic carbocycles. The number of benzene rings is 2. The summed E-state index contributed by atoms with van der Waals surface area (Å²) in [5.74, 6) is 0.264. The predicted octanol–water partition coefficient (Wildman–Crippen LogP) is 4.66. The molecule has 2 rings (SSSR count). The first-order chi connectivity index (χ1) is 12.0. The van der Waals surface area contributed by atoms with Crippen molar-refractivity contribution in [1.29, 1.82) is 0 Å². The van der Waals surface area contributed by atoms with E-state index in [0.717, 1.165) is 0 Å². The van der Waals surface area contributed by atoms with Crippen LogP contribution >= 0.6 is 34.8 Å². The van der Waals surface area contributed by atoms with Gasteiger partial charge in [0.2, 0.25) is 5.91 Å². The van der Waals surface area contributed by atoms with E-state index in [4.69, 9.17) is 39.5 Å². The molecule has 0 heterocycles. The van der Waals surface area contributed by atoms with E-state index in [9.17, 15) is 9.90 Å². The third-order valence-corrected chi connectivity index (χ3v) is 3.85. The molecule has 0 radical (unpaired) electrons. The van der Waals surface area contributed by atoms with Crippen LogP contribution in [0.3, 0.4) is 0 Å². The normalized spacial score (nSPS) is 10.8. The predicted molar refractivity (Wildman–Crippen MR) is 100 cm³/mol. The second-order valence-electron chi connectivity index (χ2n) is 5.02. The molecule has 0 aliphatic heterocycles. The fourth-order valence-electron chi connectivity index (χ4n) is 1.87. The zero-order chi connectivity index (χ0) is 18.2. The van der Waals surface area contributed by atoms with Crippen LogP contribution in [0, 0.1) is 0 Å². The minimum Gasteiger partial charge on any atom is -0.507 e. The zero-order valence-electron chi connectivity index (χ0n) is 13.0. The molecule has 1 amide bonds. The minimum absolute atomic E-state index is 0.0237. The van der Waals surface area contributed by atoms with Crippen LogP contribution in [-0.2, 0) is 4.79 Å². The quantitative estimate of drug-likeness (QED) is 0.402. The average molecular weight is 402 g/mol. The number of hydrogen-bond acceptors (Lipinski definition) is 4. The standard InChI is InChI=1S/C17H15Cl3N2O3/c18-12-3-5-15(23)11(8-12)10-21-22-17(24)2-1-7-25-16-6-4-13(19)9-14(16)20/h3-6,8-10,23H,1-2,7H2,(H,22,24)/b21-10-. The Bertz CT molecular complexity index is 782. The van der Waals surface area contributed by atoms with Crippen LogP contribution in [0.2, 0.25) is 15.1 Å². The van der Waals surface area contributed by atoms with Gasteiger partial charge in [0.25, 0.3) is 0 Å². The number of carbonyl (C=O) groups is 1. The van der Waals surface area contributed by atoms with E-state index in [1.165, 1.54) is 18.3 Å². The maximum absolute atomic E-state index is 11.7. The third kappa shape index (κ3) is 6.46. The van der Waals surface area contributed by atoms with Crippen LogP contribution < -0.4 is 10.2 Å². The fourth-order valence-corrected chi connectivity index (χ4v) is 2.51. The van der Waals surface area contributed by atoms with Gasteiger partial charge in [-0.1, -0.05) is 34.8 Å². The summed E-state index contributed by atoms with van der Waals surface area (Å²) < 4.78 is 5.49. The first-order valence-corrected chi connectivity index (χ1v) is 8.47. The number of aromatic hydroxyl groups is 1. The molecule has 25 heavy (non-hydrogen) atoms. The average Bonchev–Trinajstić information content (AvgIpc) is 2.56. The maximum atomic E-state index is 11.7. The second kappa shape index (κ2) is 9.51. The van der Waals surface area contributed by atoms with Crippen molar-refractivity contribution < 1.29 is 14.6 Å². The molecule has 8 heteroatoms. The Hall–Kier alpha value is -1.95. The van der Waals surface area contributed by atoms with E-state index < -0.39 is 0 Å². The number of nitrogens with zero attached hydrogens (tertiary/aromatic N) is 1. The molecule has 0 spiro atoms. The van der Waals surface area contributed by atoms with Crippen LogP contribution in [0.4, 0.5) is 0 Å². The van der Waals surface area contributed by atoms with Gasteiger partial charge in [-0.05, 0) is 42.8 Å². The molecule has 0 fully saturated rings. The topological polar surface area (TPSA) is 70.9 Å². The Morgan fingerprint density at radius 3 is 2.64 bits per heavy atom. The smallest absolute Gasteiger partial charge is 0.240 e. The molecule has 0 saturated carbocycles. The van der Waals surface area contributed by atoms with Gasteiger partial charge in [0.05, 0.1) is 17.8 Å². The van der Waals surface area contributed by atoms with Crippen molar-refractivity contribution >= 4 is 46.9 Å². The zero-order valence-corrected chi connectivity index (χ0v) is 15.3. The van der Waals surface area contributed by atoms with Gasteiger partial charge in [-0.25, -0.2) is 5.43 Å². The van der Waals surface area contributed by atoms with E-state index in [1.807, 2.05) is 0 Å². The number of phenols is 1. The molecule has 2 N–H and O–H groups in total. The Morgan fingerprint density at radius 1 is 1.16 bits per heavy atom. The Kier molecular flexibility index (Phi) is 7.37. The van der Waals surface area contributed by atoms with Gasteiger partial charge in [-0.2, -0.15) is 5.10 Å². The molecule has 2 aromatic rings. The molecule has 0 unspecified atom stereocenters. The molecule has 5 nitrogen and oxygen atoms in total. The lowest BCUT2D eigenvalue weighted by Gasteiger charge is -2.07. The lowest BCUT2D eigenvalue weighted by molar-refractivity contribution is -0.121. The van der Waals surface area contributed by atoms with Gasteiger partial charge >= 0.3 is 0 Å². The van der Waals surface area contributed by atoms with Crippen molar-refractivity contribution in [2.75, 3.05) is 6.61 Å². The van der Waals surface area contributed by atoms with Crippen molar-refractivity contribution in [3.8, 4) is 11.5 Å². The van der Waals surface area contributed by atoms with Crippen molar-refractivity contribution in [1.82, 2.24) is 5.43 Å². The number of amides is 1. The van der Waals surface area contributed by atoms with Crippen molar-refractivity contribution in [2.24, 2.45) is 5.10 Å². The van der Waals surface area contributed by atoms with Crippen LogP contribution in [0.1, 0.15) is 18.4 Å². The summed E-state index contributed by atoms with van der Waals surface area (Å²) in [6.07, 6.45) is 2.04. The number of carbonyl (C=O) groups excluding carboxylic acids is 1. The number of hydrazone groups is 1. The minimum atomic E-state index is -0.274. The summed E-state index contributed by atoms with van der Waals surface area (Å²) in [5, 5.41) is 14.8. The lowest BCUT2D eigenvalue weighted by atomic mass is 10.2. The van der Waals surface area contributed by atoms with Crippen molar-refractivity contribution in [2.45, 2.75) is 12.8 Å². The highest BCUT2D eigenvalue weighted by molar-refractivity contribution is 6.35. The number of ether oxygens (including phenoxy) is 1. The molecule has 0 aliphatic rings. The molecule has 132 valence electrons. The van der Waals surface area contributed by atoms with Gasteiger partial charge < -0.3 is 9.84 Å². The highest BCUT2D eigenvalue weighted by Gasteiger charge is 2.04. The highest BCUT2D eigenvalue weighted by Crippen LogP contribution is 2.27. The maximum Gasteiger partial charge on any atom is 0.240 e. The molecule has 0 aliphatic carbocycles. The van der Waals surface area contributed by atoms with Crippen molar-refractivity contribution in [3.63, 3.8) is 0 Å². The molecular weight excluding hydrogens is 387 g/mol. The number of phenolic OH excluding ortho intramolecular Hbond substituents is 1. The third-order valence-electron chi connectivity index (χ3n) is 3.08. The first-order valence-electron chi connectivity index (χ1n) is 7.34. The fraction of sp³-hybridized carbons (Fsp3) is 0.176.